The summed E-state index contributed by atoms with van der Waals surface area (Å²) in [5, 5.41) is 11.6. The van der Waals surface area contributed by atoms with E-state index in [-0.39, 0.29) is 6.42 Å². The van der Waals surface area contributed by atoms with Crippen LogP contribution < -0.4 is 10.1 Å². The van der Waals surface area contributed by atoms with E-state index in [4.69, 9.17) is 9.84 Å². The lowest BCUT2D eigenvalue weighted by molar-refractivity contribution is -0.136. The fourth-order valence-electron chi connectivity index (χ4n) is 2.40. The van der Waals surface area contributed by atoms with Crippen molar-refractivity contribution in [2.45, 2.75) is 25.7 Å². The molecule has 0 aromatic heterocycles. The highest BCUT2D eigenvalue weighted by molar-refractivity contribution is 5.66. The highest BCUT2D eigenvalue weighted by Crippen LogP contribution is 2.15. The van der Waals surface area contributed by atoms with E-state index in [1.807, 2.05) is 18.2 Å². The summed E-state index contributed by atoms with van der Waals surface area (Å²) in [4.78, 5) is 10.4. The van der Waals surface area contributed by atoms with Crippen molar-refractivity contribution >= 4 is 5.97 Å². The third-order valence-electron chi connectivity index (χ3n) is 3.71. The molecule has 0 atom stereocenters. The Kier molecular flexibility index (Phi) is 7.84. The molecule has 0 aliphatic carbocycles. The highest BCUT2D eigenvalue weighted by Gasteiger charge is 1.99. The number of aliphatic carboxylic acids is 1. The maximum absolute atomic E-state index is 10.4. The van der Waals surface area contributed by atoms with Crippen LogP contribution in [0.25, 0.3) is 0 Å². The van der Waals surface area contributed by atoms with Gasteiger partial charge in [0.25, 0.3) is 0 Å². The van der Waals surface area contributed by atoms with Gasteiger partial charge in [0.05, 0.1) is 13.0 Å². The molecule has 2 N–H and O–H groups in total. The molecular formula is C20H25NO3. The summed E-state index contributed by atoms with van der Waals surface area (Å²) in [6.45, 7) is 2.03. The second-order valence-electron chi connectivity index (χ2n) is 5.76. The Morgan fingerprint density at radius 3 is 2.33 bits per heavy atom. The van der Waals surface area contributed by atoms with E-state index in [2.05, 4.69) is 41.7 Å². The quantitative estimate of drug-likeness (QED) is 0.620. The molecule has 0 aliphatic heterocycles. The van der Waals surface area contributed by atoms with Crippen LogP contribution >= 0.6 is 0 Å². The van der Waals surface area contributed by atoms with Gasteiger partial charge in [-0.25, -0.2) is 0 Å². The van der Waals surface area contributed by atoms with Gasteiger partial charge >= 0.3 is 5.97 Å². The summed E-state index contributed by atoms with van der Waals surface area (Å²) >= 11 is 0. The Hall–Kier alpha value is -2.33. The van der Waals surface area contributed by atoms with Crippen molar-refractivity contribution in [3.63, 3.8) is 0 Å². The first-order valence-electron chi connectivity index (χ1n) is 8.42. The maximum Gasteiger partial charge on any atom is 0.304 e. The first-order valence-corrected chi connectivity index (χ1v) is 8.42. The number of hydrogen-bond donors (Lipinski definition) is 2. The Bertz CT molecular complexity index is 596. The first-order chi connectivity index (χ1) is 11.7. The summed E-state index contributed by atoms with van der Waals surface area (Å²) in [6, 6.07) is 18.7. The van der Waals surface area contributed by atoms with Gasteiger partial charge in [-0.05, 0) is 49.1 Å². The van der Waals surface area contributed by atoms with Gasteiger partial charge in [-0.3, -0.25) is 4.79 Å². The monoisotopic (exact) mass is 327 g/mol. The standard InChI is InChI=1S/C20H25NO3/c22-20(23)12-14-21-13-4-5-15-24-19-10-8-18(9-11-19)16-17-6-2-1-3-7-17/h1-3,6-11,21H,4-5,12-16H2,(H,22,23). The van der Waals surface area contributed by atoms with Crippen molar-refractivity contribution in [3.05, 3.63) is 65.7 Å². The van der Waals surface area contributed by atoms with Crippen LogP contribution in [-0.2, 0) is 11.2 Å². The molecule has 128 valence electrons. The molecule has 0 bridgehead atoms. The number of hydrogen-bond acceptors (Lipinski definition) is 3. The summed E-state index contributed by atoms with van der Waals surface area (Å²) in [6.07, 6.45) is 3.03. The number of carboxylic acid groups (broad SMARTS) is 1. The number of carboxylic acids is 1. The van der Waals surface area contributed by atoms with Crippen LogP contribution in [0.15, 0.2) is 54.6 Å². The Labute approximate surface area is 143 Å². The summed E-state index contributed by atoms with van der Waals surface area (Å²) in [7, 11) is 0. The van der Waals surface area contributed by atoms with Gasteiger partial charge in [-0.2, -0.15) is 0 Å². The van der Waals surface area contributed by atoms with E-state index in [1.165, 1.54) is 11.1 Å². The SMILES string of the molecule is O=C(O)CCNCCCCOc1ccc(Cc2ccccc2)cc1. The van der Waals surface area contributed by atoms with Crippen molar-refractivity contribution in [1.29, 1.82) is 0 Å². The summed E-state index contributed by atoms with van der Waals surface area (Å²) < 4.78 is 5.73. The molecule has 4 heteroatoms. The largest absolute Gasteiger partial charge is 0.494 e. The van der Waals surface area contributed by atoms with Crippen LogP contribution in [0.3, 0.4) is 0 Å². The Morgan fingerprint density at radius 1 is 0.917 bits per heavy atom. The molecule has 0 saturated heterocycles. The molecular weight excluding hydrogens is 302 g/mol. The molecule has 0 amide bonds. The van der Waals surface area contributed by atoms with Crippen molar-refractivity contribution < 1.29 is 14.6 Å². The molecule has 0 spiro atoms. The van der Waals surface area contributed by atoms with Crippen molar-refractivity contribution in [3.8, 4) is 5.75 Å². The van der Waals surface area contributed by atoms with E-state index >= 15 is 0 Å². The molecule has 0 fully saturated rings. The minimum Gasteiger partial charge on any atom is -0.494 e. The van der Waals surface area contributed by atoms with Crippen LogP contribution in [0.4, 0.5) is 0 Å². The van der Waals surface area contributed by atoms with Crippen LogP contribution in [0.1, 0.15) is 30.4 Å². The highest BCUT2D eigenvalue weighted by atomic mass is 16.5. The Balaban J connectivity index is 1.59. The third-order valence-corrected chi connectivity index (χ3v) is 3.71. The fourth-order valence-corrected chi connectivity index (χ4v) is 2.40. The second-order valence-corrected chi connectivity index (χ2v) is 5.76. The van der Waals surface area contributed by atoms with E-state index in [0.717, 1.165) is 31.6 Å². The van der Waals surface area contributed by atoms with Gasteiger partial charge in [-0.1, -0.05) is 42.5 Å². The fraction of sp³-hybridized carbons (Fsp3) is 0.350. The first kappa shape index (κ1) is 18.0. The predicted octanol–water partition coefficient (Wildman–Crippen LogP) is 3.50. The number of nitrogens with one attached hydrogen (secondary N) is 1. The van der Waals surface area contributed by atoms with Crippen molar-refractivity contribution in [1.82, 2.24) is 5.32 Å². The van der Waals surface area contributed by atoms with E-state index < -0.39 is 5.97 Å². The number of unbranched alkanes of at least 4 members (excludes halogenated alkanes) is 1. The summed E-state index contributed by atoms with van der Waals surface area (Å²) in [5.74, 6) is 0.132. The lowest BCUT2D eigenvalue weighted by Gasteiger charge is -2.08. The zero-order chi connectivity index (χ0) is 17.0. The number of benzene rings is 2. The van der Waals surface area contributed by atoms with Gasteiger partial charge in [-0.15, -0.1) is 0 Å². The molecule has 0 aliphatic rings. The van der Waals surface area contributed by atoms with E-state index in [0.29, 0.717) is 13.2 Å². The van der Waals surface area contributed by atoms with Gasteiger partial charge in [0.1, 0.15) is 5.75 Å². The normalized spacial score (nSPS) is 10.5. The van der Waals surface area contributed by atoms with Gasteiger partial charge in [0.2, 0.25) is 0 Å². The van der Waals surface area contributed by atoms with Crippen molar-refractivity contribution in [2.24, 2.45) is 0 Å². The lowest BCUT2D eigenvalue weighted by atomic mass is 10.1. The third kappa shape index (κ3) is 7.29. The van der Waals surface area contributed by atoms with Gasteiger partial charge < -0.3 is 15.2 Å². The van der Waals surface area contributed by atoms with Gasteiger partial charge in [0, 0.05) is 6.54 Å². The van der Waals surface area contributed by atoms with E-state index in [1.54, 1.807) is 0 Å². The van der Waals surface area contributed by atoms with E-state index in [9.17, 15) is 4.79 Å². The van der Waals surface area contributed by atoms with Crippen molar-refractivity contribution in [2.75, 3.05) is 19.7 Å². The molecule has 2 rings (SSSR count). The van der Waals surface area contributed by atoms with Crippen LogP contribution in [0, 0.1) is 0 Å². The smallest absolute Gasteiger partial charge is 0.304 e. The van der Waals surface area contributed by atoms with Gasteiger partial charge in [0.15, 0.2) is 0 Å². The lowest BCUT2D eigenvalue weighted by Crippen LogP contribution is -2.19. The average molecular weight is 327 g/mol. The van der Waals surface area contributed by atoms with Crippen LogP contribution in [0.5, 0.6) is 5.75 Å². The number of ether oxygens (including phenoxy) is 1. The predicted molar refractivity (Wildman–Crippen MR) is 95.5 cm³/mol. The molecule has 0 radical (unpaired) electrons. The zero-order valence-electron chi connectivity index (χ0n) is 13.9. The number of rotatable bonds is 11. The average Bonchev–Trinajstić information content (AvgIpc) is 2.59. The zero-order valence-corrected chi connectivity index (χ0v) is 13.9. The summed E-state index contributed by atoms with van der Waals surface area (Å²) in [5.41, 5.74) is 2.58. The minimum atomic E-state index is -0.762. The number of carbonyl (C=O) groups is 1. The topological polar surface area (TPSA) is 58.6 Å². The van der Waals surface area contributed by atoms with Crippen LogP contribution in [-0.4, -0.2) is 30.8 Å². The molecule has 24 heavy (non-hydrogen) atoms. The second kappa shape index (κ2) is 10.4. The molecule has 2 aromatic carbocycles. The molecule has 0 unspecified atom stereocenters. The van der Waals surface area contributed by atoms with Crippen LogP contribution in [0.2, 0.25) is 0 Å². The molecule has 4 nitrogen and oxygen atoms in total. The molecule has 0 saturated carbocycles. The Morgan fingerprint density at radius 2 is 1.62 bits per heavy atom. The molecule has 2 aromatic rings. The minimum absolute atomic E-state index is 0.172. The maximum atomic E-state index is 10.4. The molecule has 0 heterocycles.